The normalized spacial score (nSPS) is 10.5. The van der Waals surface area contributed by atoms with Gasteiger partial charge in [-0.05, 0) is 17.5 Å². The van der Waals surface area contributed by atoms with E-state index < -0.39 is 0 Å². The predicted octanol–water partition coefficient (Wildman–Crippen LogP) is 1.75. The first-order valence-electron chi connectivity index (χ1n) is 4.00. The number of anilines is 1. The highest BCUT2D eigenvalue weighted by atomic mass is 35.5. The molecule has 1 aromatic heterocycles. The fourth-order valence-electron chi connectivity index (χ4n) is 0.716. The van der Waals surface area contributed by atoms with E-state index in [1.807, 2.05) is 13.8 Å². The molecule has 0 saturated carbocycles. The quantitative estimate of drug-likeness (QED) is 0.757. The van der Waals surface area contributed by atoms with Gasteiger partial charge in [0.1, 0.15) is 5.69 Å². The molecule has 1 aromatic rings. The maximum Gasteiger partial charge on any atom is 0.241 e. The van der Waals surface area contributed by atoms with Gasteiger partial charge in [0.2, 0.25) is 11.2 Å². The topological polar surface area (TPSA) is 61.0 Å². The van der Waals surface area contributed by atoms with Gasteiger partial charge >= 0.3 is 0 Å². The van der Waals surface area contributed by atoms with E-state index in [0.29, 0.717) is 24.1 Å². The number of rotatable bonds is 3. The average molecular weight is 202 g/mol. The average Bonchev–Trinajstić information content (AvgIpc) is 2.06. The number of aromatic nitrogens is 2. The van der Waals surface area contributed by atoms with E-state index in [-0.39, 0.29) is 5.28 Å². The molecule has 0 fully saturated rings. The zero-order valence-corrected chi connectivity index (χ0v) is 8.38. The standard InChI is InChI=1S/C8H12ClN3O/c1-5(2)4-13-7-6(10)3-11-8(9)12-7/h3,5H,4,10H2,1-2H3. The van der Waals surface area contributed by atoms with Gasteiger partial charge in [0.15, 0.2) is 0 Å². The van der Waals surface area contributed by atoms with Crippen molar-refractivity contribution in [3.8, 4) is 5.88 Å². The van der Waals surface area contributed by atoms with Crippen LogP contribution in [0.3, 0.4) is 0 Å². The number of nitrogen functional groups attached to an aromatic ring is 1. The molecule has 0 bridgehead atoms. The van der Waals surface area contributed by atoms with Crippen molar-refractivity contribution in [1.29, 1.82) is 0 Å². The van der Waals surface area contributed by atoms with Gasteiger partial charge in [0.25, 0.3) is 0 Å². The molecule has 0 unspecified atom stereocenters. The zero-order chi connectivity index (χ0) is 9.84. The van der Waals surface area contributed by atoms with Crippen molar-refractivity contribution in [2.75, 3.05) is 12.3 Å². The van der Waals surface area contributed by atoms with Crippen LogP contribution in [0.2, 0.25) is 5.28 Å². The first-order chi connectivity index (χ1) is 6.09. The van der Waals surface area contributed by atoms with Gasteiger partial charge in [0.05, 0.1) is 12.8 Å². The Labute approximate surface area is 82.1 Å². The molecule has 4 nitrogen and oxygen atoms in total. The number of nitrogens with zero attached hydrogens (tertiary/aromatic N) is 2. The van der Waals surface area contributed by atoms with Gasteiger partial charge in [-0.3, -0.25) is 0 Å². The van der Waals surface area contributed by atoms with Crippen molar-refractivity contribution in [2.24, 2.45) is 5.92 Å². The zero-order valence-electron chi connectivity index (χ0n) is 7.62. The molecule has 5 heteroatoms. The summed E-state index contributed by atoms with van der Waals surface area (Å²) in [5.41, 5.74) is 5.97. The molecule has 0 saturated heterocycles. The van der Waals surface area contributed by atoms with Crippen LogP contribution in [0.15, 0.2) is 6.20 Å². The SMILES string of the molecule is CC(C)COc1nc(Cl)ncc1N. The van der Waals surface area contributed by atoms with E-state index in [1.54, 1.807) is 0 Å². The second kappa shape index (κ2) is 4.28. The Morgan fingerprint density at radius 1 is 1.62 bits per heavy atom. The van der Waals surface area contributed by atoms with Crippen LogP contribution in [0.5, 0.6) is 5.88 Å². The maximum absolute atomic E-state index is 5.57. The second-order valence-corrected chi connectivity index (χ2v) is 3.44. The summed E-state index contributed by atoms with van der Waals surface area (Å²) < 4.78 is 5.32. The van der Waals surface area contributed by atoms with Gasteiger partial charge in [-0.25, -0.2) is 4.98 Å². The number of ether oxygens (including phenoxy) is 1. The second-order valence-electron chi connectivity index (χ2n) is 3.10. The lowest BCUT2D eigenvalue weighted by molar-refractivity contribution is 0.262. The minimum atomic E-state index is 0.146. The van der Waals surface area contributed by atoms with Crippen LogP contribution in [0.4, 0.5) is 5.69 Å². The molecule has 13 heavy (non-hydrogen) atoms. The van der Waals surface area contributed by atoms with Crippen molar-refractivity contribution in [3.63, 3.8) is 0 Å². The maximum atomic E-state index is 5.57. The lowest BCUT2D eigenvalue weighted by atomic mass is 10.2. The van der Waals surface area contributed by atoms with E-state index in [0.717, 1.165) is 0 Å². The third-order valence-corrected chi connectivity index (χ3v) is 1.49. The van der Waals surface area contributed by atoms with E-state index in [1.165, 1.54) is 6.20 Å². The highest BCUT2D eigenvalue weighted by Crippen LogP contribution is 2.18. The van der Waals surface area contributed by atoms with Gasteiger partial charge in [0, 0.05) is 0 Å². The molecule has 0 atom stereocenters. The Kier molecular flexibility index (Phi) is 3.31. The van der Waals surface area contributed by atoms with Gasteiger partial charge in [-0.15, -0.1) is 0 Å². The Morgan fingerprint density at radius 3 is 2.92 bits per heavy atom. The summed E-state index contributed by atoms with van der Waals surface area (Å²) in [6, 6.07) is 0. The van der Waals surface area contributed by atoms with Crippen LogP contribution >= 0.6 is 11.6 Å². The lowest BCUT2D eigenvalue weighted by Crippen LogP contribution is -2.08. The van der Waals surface area contributed by atoms with Crippen LogP contribution < -0.4 is 10.5 Å². The summed E-state index contributed by atoms with van der Waals surface area (Å²) in [5, 5.41) is 0.146. The van der Waals surface area contributed by atoms with Crippen molar-refractivity contribution in [3.05, 3.63) is 11.5 Å². The molecule has 1 rings (SSSR count). The summed E-state index contributed by atoms with van der Waals surface area (Å²) in [7, 11) is 0. The summed E-state index contributed by atoms with van der Waals surface area (Å²) >= 11 is 5.57. The summed E-state index contributed by atoms with van der Waals surface area (Å²) in [4.78, 5) is 7.57. The van der Waals surface area contributed by atoms with Crippen molar-refractivity contribution >= 4 is 17.3 Å². The molecule has 0 aliphatic carbocycles. The summed E-state index contributed by atoms with van der Waals surface area (Å²) in [5.74, 6) is 0.779. The molecule has 0 radical (unpaired) electrons. The lowest BCUT2D eigenvalue weighted by Gasteiger charge is -2.08. The van der Waals surface area contributed by atoms with Crippen LogP contribution in [-0.4, -0.2) is 16.6 Å². The molecule has 0 aliphatic heterocycles. The first-order valence-corrected chi connectivity index (χ1v) is 4.38. The molecule has 72 valence electrons. The van der Waals surface area contributed by atoms with Crippen molar-refractivity contribution in [2.45, 2.75) is 13.8 Å². The third-order valence-electron chi connectivity index (χ3n) is 1.30. The van der Waals surface area contributed by atoms with Crippen LogP contribution in [-0.2, 0) is 0 Å². The molecular weight excluding hydrogens is 190 g/mol. The summed E-state index contributed by atoms with van der Waals surface area (Å²) in [6.07, 6.45) is 1.44. The third kappa shape index (κ3) is 3.06. The molecular formula is C8H12ClN3O. The fourth-order valence-corrected chi connectivity index (χ4v) is 0.842. The summed E-state index contributed by atoms with van der Waals surface area (Å²) in [6.45, 7) is 4.65. The number of hydrogen-bond acceptors (Lipinski definition) is 4. The highest BCUT2D eigenvalue weighted by Gasteiger charge is 2.04. The molecule has 0 aliphatic rings. The Hall–Kier alpha value is -1.03. The Balaban J connectivity index is 2.70. The van der Waals surface area contributed by atoms with E-state index in [2.05, 4.69) is 9.97 Å². The van der Waals surface area contributed by atoms with E-state index in [9.17, 15) is 0 Å². The van der Waals surface area contributed by atoms with Crippen LogP contribution in [0, 0.1) is 5.92 Å². The fraction of sp³-hybridized carbons (Fsp3) is 0.500. The van der Waals surface area contributed by atoms with Crippen LogP contribution in [0.1, 0.15) is 13.8 Å². The van der Waals surface area contributed by atoms with Crippen molar-refractivity contribution < 1.29 is 4.74 Å². The highest BCUT2D eigenvalue weighted by molar-refractivity contribution is 6.28. The molecule has 0 aromatic carbocycles. The van der Waals surface area contributed by atoms with E-state index >= 15 is 0 Å². The largest absolute Gasteiger partial charge is 0.476 e. The van der Waals surface area contributed by atoms with Gasteiger partial charge in [-0.1, -0.05) is 13.8 Å². The van der Waals surface area contributed by atoms with Crippen LogP contribution in [0.25, 0.3) is 0 Å². The molecule has 0 spiro atoms. The number of hydrogen-bond donors (Lipinski definition) is 1. The number of halogens is 1. The Bertz CT molecular complexity index is 291. The van der Waals surface area contributed by atoms with Crippen molar-refractivity contribution in [1.82, 2.24) is 9.97 Å². The smallest absolute Gasteiger partial charge is 0.241 e. The molecule has 0 amide bonds. The minimum absolute atomic E-state index is 0.146. The van der Waals surface area contributed by atoms with E-state index in [4.69, 9.17) is 22.1 Å². The molecule has 2 N–H and O–H groups in total. The minimum Gasteiger partial charge on any atom is -0.476 e. The number of nitrogens with two attached hydrogens (primary N) is 1. The van der Waals surface area contributed by atoms with Gasteiger partial charge in [-0.2, -0.15) is 4.98 Å². The van der Waals surface area contributed by atoms with Gasteiger partial charge < -0.3 is 10.5 Å². The Morgan fingerprint density at radius 2 is 2.31 bits per heavy atom. The first kappa shape index (κ1) is 10.1. The molecule has 1 heterocycles. The predicted molar refractivity (Wildman–Crippen MR) is 51.8 cm³/mol. The monoisotopic (exact) mass is 201 g/mol.